The van der Waals surface area contributed by atoms with Gasteiger partial charge >= 0.3 is 17.9 Å². The van der Waals surface area contributed by atoms with Crippen LogP contribution in [0.3, 0.4) is 0 Å². The van der Waals surface area contributed by atoms with E-state index >= 15 is 0 Å². The molecule has 0 atom stereocenters. The number of benzene rings is 3. The van der Waals surface area contributed by atoms with Crippen LogP contribution in [0.25, 0.3) is 11.1 Å². The lowest BCUT2D eigenvalue weighted by atomic mass is 9.97. The molecule has 0 amide bonds. The van der Waals surface area contributed by atoms with Crippen molar-refractivity contribution >= 4 is 17.9 Å². The highest BCUT2D eigenvalue weighted by Gasteiger charge is 2.23. The molecule has 3 aromatic rings. The Bertz CT molecular complexity index is 1530. The van der Waals surface area contributed by atoms with Crippen molar-refractivity contribution in [1.29, 1.82) is 0 Å². The summed E-state index contributed by atoms with van der Waals surface area (Å²) in [6.07, 6.45) is 0. The monoisotopic (exact) mass is 602 g/mol. The topological polar surface area (TPSA) is 107 Å². The number of ether oxygens (including phenoxy) is 6. The van der Waals surface area contributed by atoms with Crippen LogP contribution in [0, 0.1) is 5.41 Å². The van der Waals surface area contributed by atoms with Gasteiger partial charge in [0.1, 0.15) is 24.7 Å². The first kappa shape index (κ1) is 33.5. The zero-order valence-electron chi connectivity index (χ0n) is 26.0. The van der Waals surface area contributed by atoms with Crippen LogP contribution < -0.4 is 28.4 Å². The molecule has 0 bridgehead atoms. The third kappa shape index (κ3) is 9.49. The Labute approximate surface area is 258 Å². The zero-order valence-corrected chi connectivity index (χ0v) is 26.0. The fourth-order valence-corrected chi connectivity index (χ4v) is 3.48. The molecule has 0 heterocycles. The summed E-state index contributed by atoms with van der Waals surface area (Å²) in [6.45, 7) is 18.2. The average molecular weight is 603 g/mol. The third-order valence-electron chi connectivity index (χ3n) is 5.88. The van der Waals surface area contributed by atoms with E-state index in [0.717, 1.165) is 11.1 Å². The molecule has 0 saturated carbocycles. The lowest BCUT2D eigenvalue weighted by Crippen LogP contribution is -2.25. The van der Waals surface area contributed by atoms with Crippen LogP contribution in [0.4, 0.5) is 0 Å². The Hall–Kier alpha value is -5.05. The number of hydrogen-bond donors (Lipinski definition) is 0. The number of esters is 3. The fourth-order valence-electron chi connectivity index (χ4n) is 3.48. The van der Waals surface area contributed by atoms with Gasteiger partial charge in [0.15, 0.2) is 23.0 Å². The zero-order chi connectivity index (χ0) is 32.4. The lowest BCUT2D eigenvalue weighted by Gasteiger charge is -2.16. The molecule has 232 valence electrons. The van der Waals surface area contributed by atoms with E-state index in [0.29, 0.717) is 29.6 Å². The Balaban J connectivity index is 1.66. The van der Waals surface area contributed by atoms with E-state index in [1.165, 1.54) is 26.0 Å². The Kier molecular flexibility index (Phi) is 11.3. The summed E-state index contributed by atoms with van der Waals surface area (Å²) >= 11 is 0. The van der Waals surface area contributed by atoms with Gasteiger partial charge in [0.05, 0.1) is 12.0 Å². The van der Waals surface area contributed by atoms with Crippen LogP contribution in [0.5, 0.6) is 34.5 Å². The summed E-state index contributed by atoms with van der Waals surface area (Å²) in [5.74, 6) is 0.340. The van der Waals surface area contributed by atoms with Crippen LogP contribution in [-0.4, -0.2) is 37.7 Å². The maximum absolute atomic E-state index is 12.2. The molecule has 9 nitrogen and oxygen atoms in total. The van der Waals surface area contributed by atoms with Gasteiger partial charge in [-0.25, -0.2) is 9.59 Å². The third-order valence-corrected chi connectivity index (χ3v) is 5.88. The van der Waals surface area contributed by atoms with Crippen molar-refractivity contribution in [3.63, 3.8) is 0 Å². The second-order valence-corrected chi connectivity index (χ2v) is 10.9. The molecule has 0 aliphatic carbocycles. The first-order valence-corrected chi connectivity index (χ1v) is 14.0. The maximum atomic E-state index is 12.2. The number of hydrogen-bond acceptors (Lipinski definition) is 9. The fraction of sp³-hybridized carbons (Fsp3) is 0.286. The van der Waals surface area contributed by atoms with Gasteiger partial charge in [0.25, 0.3) is 0 Å². The molecular weight excluding hydrogens is 564 g/mol. The second kappa shape index (κ2) is 14.9. The molecule has 0 aromatic heterocycles. The van der Waals surface area contributed by atoms with E-state index in [2.05, 4.69) is 13.2 Å². The average Bonchev–Trinajstić information content (AvgIpc) is 2.97. The van der Waals surface area contributed by atoms with E-state index < -0.39 is 17.4 Å². The number of carbonyl (C=O) groups is 3. The summed E-state index contributed by atoms with van der Waals surface area (Å²) < 4.78 is 33.6. The van der Waals surface area contributed by atoms with E-state index in [9.17, 15) is 14.4 Å². The minimum Gasteiger partial charge on any atom is -0.490 e. The summed E-state index contributed by atoms with van der Waals surface area (Å²) in [7, 11) is 0. The van der Waals surface area contributed by atoms with E-state index in [-0.39, 0.29) is 41.8 Å². The van der Waals surface area contributed by atoms with Gasteiger partial charge in [-0.3, -0.25) is 4.79 Å². The molecule has 0 radical (unpaired) electrons. The molecule has 3 aromatic carbocycles. The highest BCUT2D eigenvalue weighted by Crippen LogP contribution is 2.35. The predicted octanol–water partition coefficient (Wildman–Crippen LogP) is 7.12. The summed E-state index contributed by atoms with van der Waals surface area (Å²) in [6, 6.07) is 17.3. The molecule has 0 unspecified atom stereocenters. The van der Waals surface area contributed by atoms with Gasteiger partial charge in [-0.05, 0) is 89.1 Å². The lowest BCUT2D eigenvalue weighted by molar-refractivity contribution is -0.143. The minimum absolute atomic E-state index is 0.000589. The Morgan fingerprint density at radius 2 is 1.16 bits per heavy atom. The maximum Gasteiger partial charge on any atom is 0.338 e. The van der Waals surface area contributed by atoms with Crippen LogP contribution in [0.15, 0.2) is 85.0 Å². The SMILES string of the molecule is C=C(C)C(=O)Oc1ccc(OCCOc2ccc(-c3ccc(OC(=O)C(C)(C)C)cc3)cc2OCC)cc1OC(=O)C(=C)C. The molecule has 3 rings (SSSR count). The van der Waals surface area contributed by atoms with Crippen molar-refractivity contribution in [3.8, 4) is 45.6 Å². The quantitative estimate of drug-likeness (QED) is 0.0874. The molecular formula is C35H38O9. The second-order valence-electron chi connectivity index (χ2n) is 10.9. The normalized spacial score (nSPS) is 10.8. The highest BCUT2D eigenvalue weighted by molar-refractivity contribution is 5.91. The molecule has 0 spiro atoms. The van der Waals surface area contributed by atoms with Crippen LogP contribution in [-0.2, 0) is 14.4 Å². The van der Waals surface area contributed by atoms with E-state index in [4.69, 9.17) is 28.4 Å². The van der Waals surface area contributed by atoms with Crippen molar-refractivity contribution < 1.29 is 42.8 Å². The Morgan fingerprint density at radius 1 is 0.614 bits per heavy atom. The van der Waals surface area contributed by atoms with Gasteiger partial charge in [-0.15, -0.1) is 0 Å². The van der Waals surface area contributed by atoms with Gasteiger partial charge in [-0.2, -0.15) is 0 Å². The molecule has 44 heavy (non-hydrogen) atoms. The smallest absolute Gasteiger partial charge is 0.338 e. The predicted molar refractivity (Wildman–Crippen MR) is 166 cm³/mol. The highest BCUT2D eigenvalue weighted by atomic mass is 16.6. The van der Waals surface area contributed by atoms with E-state index in [1.807, 2.05) is 37.3 Å². The molecule has 0 aliphatic rings. The minimum atomic E-state index is -0.676. The van der Waals surface area contributed by atoms with Crippen LogP contribution >= 0.6 is 0 Å². The summed E-state index contributed by atoms with van der Waals surface area (Å²) in [5.41, 5.74) is 1.58. The molecule has 9 heteroatoms. The number of rotatable bonds is 13. The molecule has 0 saturated heterocycles. The van der Waals surface area contributed by atoms with Gasteiger partial charge < -0.3 is 28.4 Å². The van der Waals surface area contributed by atoms with Crippen molar-refractivity contribution in [3.05, 3.63) is 85.0 Å². The van der Waals surface area contributed by atoms with Crippen molar-refractivity contribution in [2.75, 3.05) is 19.8 Å². The molecule has 0 N–H and O–H groups in total. The Morgan fingerprint density at radius 3 is 1.75 bits per heavy atom. The van der Waals surface area contributed by atoms with Gasteiger partial charge in [0, 0.05) is 17.2 Å². The summed E-state index contributed by atoms with van der Waals surface area (Å²) in [4.78, 5) is 36.3. The number of carbonyl (C=O) groups excluding carboxylic acids is 3. The summed E-state index contributed by atoms with van der Waals surface area (Å²) in [5, 5.41) is 0. The van der Waals surface area contributed by atoms with Gasteiger partial charge in [0.2, 0.25) is 0 Å². The van der Waals surface area contributed by atoms with Crippen molar-refractivity contribution in [1.82, 2.24) is 0 Å². The van der Waals surface area contributed by atoms with Crippen LogP contribution in [0.1, 0.15) is 41.5 Å². The standard InChI is InChI=1S/C35H38O9/c1-9-39-30-20-25(24-10-13-26(14-11-24)42-34(38)35(6,7)8)12-16-28(30)41-19-18-40-27-15-17-29(43-32(36)22(2)3)31(21-27)44-33(37)23(4)5/h10-17,20-21H,2,4,9,18-19H2,1,3,5-8H3. The van der Waals surface area contributed by atoms with E-state index in [1.54, 1.807) is 39.0 Å². The molecule has 0 aliphatic heterocycles. The molecule has 0 fully saturated rings. The van der Waals surface area contributed by atoms with Crippen molar-refractivity contribution in [2.45, 2.75) is 41.5 Å². The van der Waals surface area contributed by atoms with Crippen molar-refractivity contribution in [2.24, 2.45) is 5.41 Å². The largest absolute Gasteiger partial charge is 0.490 e. The van der Waals surface area contributed by atoms with Crippen LogP contribution in [0.2, 0.25) is 0 Å². The first-order chi connectivity index (χ1) is 20.8. The first-order valence-electron chi connectivity index (χ1n) is 14.0. The van der Waals surface area contributed by atoms with Gasteiger partial charge in [-0.1, -0.05) is 31.4 Å².